The van der Waals surface area contributed by atoms with Gasteiger partial charge in [-0.3, -0.25) is 0 Å². The highest BCUT2D eigenvalue weighted by atomic mass is 16.4. The minimum Gasteiger partial charge on any atom is -0.477 e. The number of nitrogens with zero attached hydrogens (tertiary/aromatic N) is 1. The summed E-state index contributed by atoms with van der Waals surface area (Å²) in [7, 11) is 0. The zero-order chi connectivity index (χ0) is 15.4. The van der Waals surface area contributed by atoms with E-state index in [4.69, 9.17) is 22.4 Å². The maximum atomic E-state index is 11.6. The van der Waals surface area contributed by atoms with Crippen LogP contribution in [-0.4, -0.2) is 24.2 Å². The van der Waals surface area contributed by atoms with Crippen LogP contribution in [0.3, 0.4) is 0 Å². The van der Waals surface area contributed by atoms with Crippen molar-refractivity contribution < 1.29 is 14.3 Å². The number of carboxylic acid groups (broad SMARTS) is 1. The summed E-state index contributed by atoms with van der Waals surface area (Å²) in [6.45, 7) is 0.625. The summed E-state index contributed by atoms with van der Waals surface area (Å²) >= 11 is 0. The summed E-state index contributed by atoms with van der Waals surface area (Å²) in [5.41, 5.74) is -0.321. The zero-order valence-corrected chi connectivity index (χ0v) is 11.0. The Bertz CT molecular complexity index is 820. The molecule has 0 aliphatic rings. The molecular formula is C16H11NO4. The number of carboxylic acids is 1. The standard InChI is InChI=1S/C16H11NO4/c1-3-7-17(8-4-2)12-6-5-11-9-13(15(18)19)16(20)21-14(11)10-12/h1-2,5-6,9-10H,7-8H2,(H,18,19). The van der Waals surface area contributed by atoms with E-state index >= 15 is 0 Å². The van der Waals surface area contributed by atoms with Crippen LogP contribution in [0.15, 0.2) is 33.5 Å². The van der Waals surface area contributed by atoms with E-state index in [2.05, 4.69) is 11.8 Å². The highest BCUT2D eigenvalue weighted by Gasteiger charge is 2.13. The smallest absolute Gasteiger partial charge is 0.351 e. The molecule has 1 aromatic carbocycles. The minimum atomic E-state index is -1.32. The van der Waals surface area contributed by atoms with Gasteiger partial charge in [-0.1, -0.05) is 11.8 Å². The number of aromatic carboxylic acids is 1. The lowest BCUT2D eigenvalue weighted by atomic mass is 10.1. The Morgan fingerprint density at radius 1 is 1.24 bits per heavy atom. The van der Waals surface area contributed by atoms with Gasteiger partial charge in [-0.25, -0.2) is 9.59 Å². The number of carbonyl (C=O) groups is 1. The minimum absolute atomic E-state index is 0.279. The van der Waals surface area contributed by atoms with E-state index in [9.17, 15) is 9.59 Å². The van der Waals surface area contributed by atoms with Crippen molar-refractivity contribution in [3.8, 4) is 24.7 Å². The van der Waals surface area contributed by atoms with E-state index in [1.165, 1.54) is 6.07 Å². The highest BCUT2D eigenvalue weighted by molar-refractivity contribution is 5.92. The van der Waals surface area contributed by atoms with Gasteiger partial charge in [-0.2, -0.15) is 0 Å². The largest absolute Gasteiger partial charge is 0.477 e. The molecule has 2 aromatic rings. The van der Waals surface area contributed by atoms with Crippen LogP contribution in [0.25, 0.3) is 11.0 Å². The second-order valence-corrected chi connectivity index (χ2v) is 4.24. The Labute approximate surface area is 120 Å². The van der Waals surface area contributed by atoms with Crippen molar-refractivity contribution in [1.82, 2.24) is 0 Å². The molecule has 0 aliphatic carbocycles. The third-order valence-corrected chi connectivity index (χ3v) is 2.88. The first-order valence-electron chi connectivity index (χ1n) is 6.00. The quantitative estimate of drug-likeness (QED) is 0.680. The van der Waals surface area contributed by atoms with Crippen LogP contribution in [0, 0.1) is 24.7 Å². The predicted octanol–water partition coefficient (Wildman–Crippen LogP) is 1.56. The molecule has 0 atom stereocenters. The van der Waals surface area contributed by atoms with Crippen LogP contribution in [-0.2, 0) is 0 Å². The number of hydrogen-bond acceptors (Lipinski definition) is 4. The maximum absolute atomic E-state index is 11.6. The molecular weight excluding hydrogens is 270 g/mol. The fourth-order valence-corrected chi connectivity index (χ4v) is 1.90. The van der Waals surface area contributed by atoms with Crippen LogP contribution < -0.4 is 10.5 Å². The van der Waals surface area contributed by atoms with E-state index in [-0.39, 0.29) is 5.58 Å². The van der Waals surface area contributed by atoms with E-state index in [0.29, 0.717) is 24.2 Å². The third-order valence-electron chi connectivity index (χ3n) is 2.88. The number of anilines is 1. The Balaban J connectivity index is 2.55. The molecule has 0 radical (unpaired) electrons. The summed E-state index contributed by atoms with van der Waals surface area (Å²) in [6.07, 6.45) is 10.6. The lowest BCUT2D eigenvalue weighted by Gasteiger charge is -2.19. The fourth-order valence-electron chi connectivity index (χ4n) is 1.90. The molecule has 5 heteroatoms. The molecule has 1 N–H and O–H groups in total. The Morgan fingerprint density at radius 2 is 1.90 bits per heavy atom. The van der Waals surface area contributed by atoms with Gasteiger partial charge in [0.25, 0.3) is 0 Å². The van der Waals surface area contributed by atoms with Crippen molar-refractivity contribution in [2.45, 2.75) is 0 Å². The molecule has 1 aromatic heterocycles. The Hall–Kier alpha value is -3.18. The molecule has 5 nitrogen and oxygen atoms in total. The topological polar surface area (TPSA) is 70.8 Å². The number of fused-ring (bicyclic) bond motifs is 1. The van der Waals surface area contributed by atoms with E-state index in [0.717, 1.165) is 0 Å². The molecule has 0 saturated carbocycles. The van der Waals surface area contributed by atoms with E-state index in [1.54, 1.807) is 23.1 Å². The van der Waals surface area contributed by atoms with Gasteiger partial charge in [0.05, 0.1) is 13.1 Å². The monoisotopic (exact) mass is 281 g/mol. The average molecular weight is 281 g/mol. The van der Waals surface area contributed by atoms with Gasteiger partial charge in [0.15, 0.2) is 0 Å². The van der Waals surface area contributed by atoms with Crippen LogP contribution >= 0.6 is 0 Å². The van der Waals surface area contributed by atoms with Crippen molar-refractivity contribution in [2.24, 2.45) is 0 Å². The van der Waals surface area contributed by atoms with Crippen LogP contribution in [0.1, 0.15) is 10.4 Å². The van der Waals surface area contributed by atoms with Gasteiger partial charge in [0, 0.05) is 17.1 Å². The Morgan fingerprint density at radius 3 is 2.48 bits per heavy atom. The first-order chi connectivity index (χ1) is 10.1. The predicted molar refractivity (Wildman–Crippen MR) is 79.3 cm³/mol. The second-order valence-electron chi connectivity index (χ2n) is 4.24. The first kappa shape index (κ1) is 14.2. The molecule has 21 heavy (non-hydrogen) atoms. The molecule has 0 bridgehead atoms. The lowest BCUT2D eigenvalue weighted by molar-refractivity contribution is 0.0692. The SMILES string of the molecule is C#CCN(CC#C)c1ccc2cc(C(=O)O)c(=O)oc2c1. The van der Waals surface area contributed by atoms with Crippen LogP contribution in [0.4, 0.5) is 5.69 Å². The second kappa shape index (κ2) is 5.85. The summed E-state index contributed by atoms with van der Waals surface area (Å²) in [5, 5.41) is 9.41. The maximum Gasteiger partial charge on any atom is 0.351 e. The number of rotatable bonds is 4. The fraction of sp³-hybridized carbons (Fsp3) is 0.125. The first-order valence-corrected chi connectivity index (χ1v) is 6.00. The van der Waals surface area contributed by atoms with Crippen molar-refractivity contribution in [3.05, 3.63) is 40.2 Å². The Kier molecular flexibility index (Phi) is 3.97. The number of terminal acetylenes is 2. The van der Waals surface area contributed by atoms with Gasteiger partial charge < -0.3 is 14.4 Å². The van der Waals surface area contributed by atoms with E-state index < -0.39 is 17.2 Å². The molecule has 1 heterocycles. The van der Waals surface area contributed by atoms with E-state index in [1.807, 2.05) is 0 Å². The lowest BCUT2D eigenvalue weighted by Crippen LogP contribution is -2.23. The van der Waals surface area contributed by atoms with Crippen LogP contribution in [0.5, 0.6) is 0 Å². The molecule has 0 spiro atoms. The molecule has 2 rings (SSSR count). The third kappa shape index (κ3) is 2.88. The van der Waals surface area contributed by atoms with Crippen molar-refractivity contribution in [3.63, 3.8) is 0 Å². The van der Waals surface area contributed by atoms with Crippen molar-refractivity contribution in [2.75, 3.05) is 18.0 Å². The molecule has 0 aliphatic heterocycles. The number of hydrogen-bond donors (Lipinski definition) is 1. The summed E-state index contributed by atoms with van der Waals surface area (Å²) in [4.78, 5) is 24.2. The van der Waals surface area contributed by atoms with Crippen molar-refractivity contribution >= 4 is 22.6 Å². The molecule has 0 fully saturated rings. The van der Waals surface area contributed by atoms with Crippen molar-refractivity contribution in [1.29, 1.82) is 0 Å². The van der Waals surface area contributed by atoms with Gasteiger partial charge in [0.2, 0.25) is 0 Å². The number of benzene rings is 1. The molecule has 0 saturated heterocycles. The van der Waals surface area contributed by atoms with Gasteiger partial charge >= 0.3 is 11.6 Å². The summed E-state index contributed by atoms with van der Waals surface area (Å²) in [6, 6.07) is 6.28. The summed E-state index contributed by atoms with van der Waals surface area (Å²) in [5.74, 6) is 3.67. The average Bonchev–Trinajstić information content (AvgIpc) is 2.45. The molecule has 104 valence electrons. The molecule has 0 unspecified atom stereocenters. The molecule has 0 amide bonds. The highest BCUT2D eigenvalue weighted by Crippen LogP contribution is 2.21. The van der Waals surface area contributed by atoms with Gasteiger partial charge in [0.1, 0.15) is 11.1 Å². The van der Waals surface area contributed by atoms with Gasteiger partial charge in [-0.05, 0) is 18.2 Å². The summed E-state index contributed by atoms with van der Waals surface area (Å²) < 4.78 is 5.03. The normalized spacial score (nSPS) is 9.81. The van der Waals surface area contributed by atoms with Gasteiger partial charge in [-0.15, -0.1) is 12.8 Å². The zero-order valence-electron chi connectivity index (χ0n) is 11.0. The van der Waals surface area contributed by atoms with Crippen LogP contribution in [0.2, 0.25) is 0 Å².